The topological polar surface area (TPSA) is 43.4 Å². The molecular weight excluding hydrogens is 400 g/mol. The van der Waals surface area contributed by atoms with E-state index in [1.807, 2.05) is 0 Å². The molecule has 0 heterocycles. The summed E-state index contributed by atoms with van der Waals surface area (Å²) in [5, 5.41) is 0. The summed E-state index contributed by atoms with van der Waals surface area (Å²) >= 11 is 0. The minimum absolute atomic E-state index is 0.0367. The lowest BCUT2D eigenvalue weighted by atomic mass is 10.1. The van der Waals surface area contributed by atoms with Gasteiger partial charge in [0.15, 0.2) is 5.78 Å². The van der Waals surface area contributed by atoms with Crippen molar-refractivity contribution < 1.29 is 31.9 Å². The van der Waals surface area contributed by atoms with Gasteiger partial charge in [-0.1, -0.05) is 18.2 Å². The first-order valence-electron chi connectivity index (χ1n) is 8.70. The number of allylic oxidation sites excluding steroid dienone is 1. The predicted molar refractivity (Wildman–Crippen MR) is 103 cm³/mol. The highest BCUT2D eigenvalue weighted by atomic mass is 19.4. The van der Waals surface area contributed by atoms with E-state index in [-0.39, 0.29) is 22.9 Å². The van der Waals surface area contributed by atoms with Crippen molar-refractivity contribution in [1.29, 1.82) is 0 Å². The van der Waals surface area contributed by atoms with Gasteiger partial charge in [-0.25, -0.2) is 9.18 Å². The fourth-order valence-corrected chi connectivity index (χ4v) is 2.49. The average molecular weight is 414 g/mol. The molecule has 0 bridgehead atoms. The van der Waals surface area contributed by atoms with Crippen LogP contribution in [0.4, 0.5) is 17.6 Å². The zero-order valence-electron chi connectivity index (χ0n) is 15.3. The van der Waals surface area contributed by atoms with Crippen LogP contribution in [0.3, 0.4) is 0 Å². The van der Waals surface area contributed by atoms with E-state index in [1.165, 1.54) is 54.6 Å². The summed E-state index contributed by atoms with van der Waals surface area (Å²) in [6, 6.07) is 15.0. The maximum atomic E-state index is 12.9. The molecule has 0 unspecified atom stereocenters. The lowest BCUT2D eigenvalue weighted by molar-refractivity contribution is -0.137. The third kappa shape index (κ3) is 5.41. The molecule has 3 aromatic carbocycles. The van der Waals surface area contributed by atoms with Gasteiger partial charge in [0.1, 0.15) is 11.6 Å². The number of ether oxygens (including phenoxy) is 1. The van der Waals surface area contributed by atoms with E-state index in [0.717, 1.165) is 24.3 Å². The second-order valence-electron chi connectivity index (χ2n) is 6.24. The second-order valence-corrected chi connectivity index (χ2v) is 6.24. The third-order valence-corrected chi connectivity index (χ3v) is 4.09. The molecule has 0 saturated carbocycles. The quantitative estimate of drug-likeness (QED) is 0.170. The van der Waals surface area contributed by atoms with Crippen LogP contribution in [0.25, 0.3) is 6.08 Å². The molecule has 3 aromatic rings. The van der Waals surface area contributed by atoms with E-state index in [4.69, 9.17) is 4.74 Å². The fraction of sp³-hybridized carbons (Fsp3) is 0.0435. The van der Waals surface area contributed by atoms with Crippen LogP contribution in [-0.4, -0.2) is 11.8 Å². The molecule has 3 rings (SSSR count). The largest absolute Gasteiger partial charge is 0.423 e. The standard InChI is InChI=1S/C23H14F4O3/c24-19-10-1-15(2-11-19)3-14-21(28)16-6-12-20(13-7-16)30-22(29)17-4-8-18(9-5-17)23(25,26)27/h1-14H/b14-3-. The van der Waals surface area contributed by atoms with E-state index in [9.17, 15) is 27.2 Å². The average Bonchev–Trinajstić information content (AvgIpc) is 2.73. The van der Waals surface area contributed by atoms with Crippen LogP contribution in [0.5, 0.6) is 5.75 Å². The predicted octanol–water partition coefficient (Wildman–Crippen LogP) is 5.96. The van der Waals surface area contributed by atoms with Gasteiger partial charge in [0, 0.05) is 5.56 Å². The van der Waals surface area contributed by atoms with Crippen LogP contribution in [0.1, 0.15) is 31.8 Å². The van der Waals surface area contributed by atoms with Crippen LogP contribution >= 0.6 is 0 Å². The maximum absolute atomic E-state index is 12.9. The smallest absolute Gasteiger partial charge is 0.416 e. The summed E-state index contributed by atoms with van der Waals surface area (Å²) in [7, 11) is 0. The van der Waals surface area contributed by atoms with Gasteiger partial charge < -0.3 is 4.74 Å². The van der Waals surface area contributed by atoms with Crippen molar-refractivity contribution in [3.8, 4) is 5.75 Å². The number of carbonyl (C=O) groups excluding carboxylic acids is 2. The number of esters is 1. The summed E-state index contributed by atoms with van der Waals surface area (Å²) in [6.45, 7) is 0. The van der Waals surface area contributed by atoms with Crippen molar-refractivity contribution in [1.82, 2.24) is 0 Å². The Balaban J connectivity index is 1.63. The minimum Gasteiger partial charge on any atom is -0.423 e. The van der Waals surface area contributed by atoms with Crippen molar-refractivity contribution in [2.75, 3.05) is 0 Å². The van der Waals surface area contributed by atoms with Crippen molar-refractivity contribution >= 4 is 17.8 Å². The van der Waals surface area contributed by atoms with Gasteiger partial charge in [-0.05, 0) is 72.3 Å². The molecule has 0 fully saturated rings. The molecule has 0 radical (unpaired) electrons. The number of hydrogen-bond donors (Lipinski definition) is 0. The lowest BCUT2D eigenvalue weighted by Crippen LogP contribution is -2.10. The molecular formula is C23H14F4O3. The zero-order chi connectivity index (χ0) is 21.7. The van der Waals surface area contributed by atoms with Crippen LogP contribution in [0.2, 0.25) is 0 Å². The Labute approximate surface area is 169 Å². The Morgan fingerprint density at radius 1 is 0.767 bits per heavy atom. The third-order valence-electron chi connectivity index (χ3n) is 4.09. The Morgan fingerprint density at radius 3 is 1.90 bits per heavy atom. The Morgan fingerprint density at radius 2 is 1.33 bits per heavy atom. The molecule has 0 aromatic heterocycles. The number of hydrogen-bond acceptors (Lipinski definition) is 3. The molecule has 0 saturated heterocycles. The fourth-order valence-electron chi connectivity index (χ4n) is 2.49. The molecule has 0 N–H and O–H groups in total. The molecule has 0 aliphatic carbocycles. The van der Waals surface area contributed by atoms with Crippen LogP contribution in [0.15, 0.2) is 78.9 Å². The molecule has 0 spiro atoms. The normalized spacial score (nSPS) is 11.5. The van der Waals surface area contributed by atoms with E-state index in [1.54, 1.807) is 6.08 Å². The number of carbonyl (C=O) groups is 2. The monoisotopic (exact) mass is 414 g/mol. The summed E-state index contributed by atoms with van der Waals surface area (Å²) in [6.07, 6.45) is -1.62. The van der Waals surface area contributed by atoms with Gasteiger partial charge in [0.05, 0.1) is 11.1 Å². The van der Waals surface area contributed by atoms with Crippen LogP contribution in [0, 0.1) is 5.82 Å². The van der Waals surface area contributed by atoms with Crippen molar-refractivity contribution in [3.05, 3.63) is 107 Å². The minimum atomic E-state index is -4.49. The Hall–Kier alpha value is -3.74. The first-order chi connectivity index (χ1) is 14.2. The van der Waals surface area contributed by atoms with Crippen LogP contribution < -0.4 is 4.74 Å². The first kappa shape index (κ1) is 21.0. The maximum Gasteiger partial charge on any atom is 0.416 e. The number of halogens is 4. The molecule has 7 heteroatoms. The van der Waals surface area contributed by atoms with E-state index >= 15 is 0 Å². The molecule has 0 aliphatic rings. The first-order valence-corrected chi connectivity index (χ1v) is 8.70. The molecule has 3 nitrogen and oxygen atoms in total. The van der Waals surface area contributed by atoms with Crippen LogP contribution in [-0.2, 0) is 6.18 Å². The highest BCUT2D eigenvalue weighted by Gasteiger charge is 2.30. The molecule has 0 aliphatic heterocycles. The zero-order valence-corrected chi connectivity index (χ0v) is 15.3. The summed E-state index contributed by atoms with van der Waals surface area (Å²) in [5.41, 5.74) is 0.0931. The summed E-state index contributed by atoms with van der Waals surface area (Å²) < 4.78 is 55.7. The number of alkyl halides is 3. The van der Waals surface area contributed by atoms with Crippen molar-refractivity contribution in [2.24, 2.45) is 0 Å². The van der Waals surface area contributed by atoms with Gasteiger partial charge in [0.25, 0.3) is 0 Å². The van der Waals surface area contributed by atoms with Gasteiger partial charge in [-0.2, -0.15) is 13.2 Å². The van der Waals surface area contributed by atoms with E-state index in [2.05, 4.69) is 0 Å². The summed E-state index contributed by atoms with van der Waals surface area (Å²) in [5.74, 6) is -1.36. The summed E-state index contributed by atoms with van der Waals surface area (Å²) in [4.78, 5) is 24.3. The number of ketones is 1. The Kier molecular flexibility index (Phi) is 6.11. The molecule has 0 amide bonds. The SMILES string of the molecule is O=C(/C=C\c1ccc(F)cc1)c1ccc(OC(=O)c2ccc(C(F)(F)F)cc2)cc1. The number of rotatable bonds is 5. The van der Waals surface area contributed by atoms with Gasteiger partial charge in [0.2, 0.25) is 0 Å². The molecule has 152 valence electrons. The van der Waals surface area contributed by atoms with Gasteiger partial charge >= 0.3 is 12.1 Å². The second kappa shape index (κ2) is 8.73. The highest BCUT2D eigenvalue weighted by molar-refractivity contribution is 6.06. The lowest BCUT2D eigenvalue weighted by Gasteiger charge is -2.08. The van der Waals surface area contributed by atoms with Crippen molar-refractivity contribution in [2.45, 2.75) is 6.18 Å². The Bertz CT molecular complexity index is 1070. The van der Waals surface area contributed by atoms with E-state index in [0.29, 0.717) is 11.1 Å². The van der Waals surface area contributed by atoms with Gasteiger partial charge in [-0.3, -0.25) is 4.79 Å². The van der Waals surface area contributed by atoms with Gasteiger partial charge in [-0.15, -0.1) is 0 Å². The van der Waals surface area contributed by atoms with E-state index < -0.39 is 17.7 Å². The van der Waals surface area contributed by atoms with Crippen molar-refractivity contribution in [3.63, 3.8) is 0 Å². The molecule has 30 heavy (non-hydrogen) atoms. The highest BCUT2D eigenvalue weighted by Crippen LogP contribution is 2.29. The molecule has 0 atom stereocenters. The number of benzene rings is 3.